The number of alkyl halides is 2. The summed E-state index contributed by atoms with van der Waals surface area (Å²) in [4.78, 5) is 11.9. The van der Waals surface area contributed by atoms with Gasteiger partial charge >= 0.3 is 0 Å². The Labute approximate surface area is 82.9 Å². The molecule has 0 aromatic carbocycles. The Morgan fingerprint density at radius 2 is 1.93 bits per heavy atom. The number of hydrogen-bond donors (Lipinski definition) is 3. The maximum Gasteiger partial charge on any atom is 0.279 e. The van der Waals surface area contributed by atoms with Gasteiger partial charge in [-0.05, 0) is 0 Å². The smallest absolute Gasteiger partial charge is 0.279 e. The maximum absolute atomic E-state index is 12.4. The number of aromatic nitrogens is 1. The summed E-state index contributed by atoms with van der Waals surface area (Å²) < 4.78 is 46.5. The zero-order chi connectivity index (χ0) is 11.8. The van der Waals surface area contributed by atoms with Crippen molar-refractivity contribution in [3.05, 3.63) is 22.0 Å². The van der Waals surface area contributed by atoms with Gasteiger partial charge in [-0.2, -0.15) is 0 Å². The van der Waals surface area contributed by atoms with E-state index in [-0.39, 0.29) is 5.82 Å². The predicted octanol–water partition coefficient (Wildman–Crippen LogP) is -0.458. The molecule has 1 heterocycles. The van der Waals surface area contributed by atoms with Gasteiger partial charge in [0.2, 0.25) is 15.5 Å². The molecule has 0 atom stereocenters. The molecule has 15 heavy (non-hydrogen) atoms. The normalized spacial score (nSPS) is 12.0. The number of hydrogen-bond acceptors (Lipinski definition) is 4. The Morgan fingerprint density at radius 3 is 2.33 bits per heavy atom. The van der Waals surface area contributed by atoms with E-state index >= 15 is 0 Å². The first kappa shape index (κ1) is 11.6. The lowest BCUT2D eigenvalue weighted by atomic mass is 10.3. The van der Waals surface area contributed by atoms with Gasteiger partial charge in [0.05, 0.1) is 0 Å². The lowest BCUT2D eigenvalue weighted by Crippen LogP contribution is -2.25. The number of halogens is 2. The maximum atomic E-state index is 12.4. The third kappa shape index (κ3) is 2.30. The number of H-pyrrole nitrogens is 1. The van der Waals surface area contributed by atoms with Crippen LogP contribution in [-0.4, -0.2) is 13.4 Å². The van der Waals surface area contributed by atoms with E-state index in [0.29, 0.717) is 6.07 Å². The molecule has 0 saturated heterocycles. The number of sulfonamides is 1. The number of rotatable bonds is 2. The van der Waals surface area contributed by atoms with E-state index in [1.54, 1.807) is 0 Å². The van der Waals surface area contributed by atoms with Crippen molar-refractivity contribution >= 4 is 15.8 Å². The molecule has 0 aliphatic heterocycles. The van der Waals surface area contributed by atoms with Crippen LogP contribution in [0.3, 0.4) is 0 Å². The highest BCUT2D eigenvalue weighted by Crippen LogP contribution is 2.21. The fourth-order valence-electron chi connectivity index (χ4n) is 1.03. The van der Waals surface area contributed by atoms with Crippen LogP contribution >= 0.6 is 0 Å². The van der Waals surface area contributed by atoms with Crippen molar-refractivity contribution in [1.82, 2.24) is 4.98 Å². The van der Waals surface area contributed by atoms with Gasteiger partial charge in [-0.1, -0.05) is 0 Å². The summed E-state index contributed by atoms with van der Waals surface area (Å²) in [5.41, 5.74) is 2.83. The monoisotopic (exact) mass is 239 g/mol. The average molecular weight is 239 g/mol. The molecule has 6 nitrogen and oxygen atoms in total. The van der Waals surface area contributed by atoms with Gasteiger partial charge in [-0.3, -0.25) is 4.79 Å². The molecule has 1 rings (SSSR count). The third-order valence-corrected chi connectivity index (χ3v) is 2.53. The van der Waals surface area contributed by atoms with E-state index in [0.717, 1.165) is 0 Å². The fourth-order valence-corrected chi connectivity index (χ4v) is 1.82. The minimum Gasteiger partial charge on any atom is -0.385 e. The van der Waals surface area contributed by atoms with Crippen molar-refractivity contribution in [2.45, 2.75) is 11.3 Å². The Hall–Kier alpha value is -1.48. The molecule has 0 aliphatic rings. The molecule has 0 bridgehead atoms. The number of primary sulfonamides is 1. The molecule has 0 radical (unpaired) electrons. The SMILES string of the molecule is Nc1cc(=O)c(S(N)(=O)=O)c(C(F)F)[nH]1. The molecule has 0 fully saturated rings. The number of pyridine rings is 1. The molecule has 0 unspecified atom stereocenters. The zero-order valence-electron chi connectivity index (χ0n) is 7.20. The zero-order valence-corrected chi connectivity index (χ0v) is 8.01. The van der Waals surface area contributed by atoms with Crippen LogP contribution in [0, 0.1) is 0 Å². The van der Waals surface area contributed by atoms with Crippen LogP contribution in [0.4, 0.5) is 14.6 Å². The first-order chi connectivity index (χ1) is 6.73. The summed E-state index contributed by atoms with van der Waals surface area (Å²) >= 11 is 0. The van der Waals surface area contributed by atoms with E-state index in [2.05, 4.69) is 5.14 Å². The molecule has 0 aliphatic carbocycles. The van der Waals surface area contributed by atoms with E-state index in [9.17, 15) is 22.0 Å². The largest absolute Gasteiger partial charge is 0.385 e. The van der Waals surface area contributed by atoms with Gasteiger partial charge in [0.15, 0.2) is 4.90 Å². The Balaban J connectivity index is 3.71. The second kappa shape index (κ2) is 3.59. The molecule has 9 heteroatoms. The van der Waals surface area contributed by atoms with Crippen LogP contribution in [-0.2, 0) is 10.0 Å². The number of nitrogens with two attached hydrogens (primary N) is 2. The van der Waals surface area contributed by atoms with Crippen LogP contribution in [0.25, 0.3) is 0 Å². The van der Waals surface area contributed by atoms with Crippen molar-refractivity contribution in [3.8, 4) is 0 Å². The van der Waals surface area contributed by atoms with Gasteiger partial charge in [0, 0.05) is 6.07 Å². The lowest BCUT2D eigenvalue weighted by Gasteiger charge is -2.06. The second-order valence-electron chi connectivity index (χ2n) is 2.68. The van der Waals surface area contributed by atoms with E-state index in [1.807, 2.05) is 4.98 Å². The minimum atomic E-state index is -4.51. The minimum absolute atomic E-state index is 0.359. The molecule has 0 spiro atoms. The van der Waals surface area contributed by atoms with Crippen LogP contribution in [0.5, 0.6) is 0 Å². The van der Waals surface area contributed by atoms with Crippen molar-refractivity contribution in [3.63, 3.8) is 0 Å². The van der Waals surface area contributed by atoms with Gasteiger partial charge < -0.3 is 10.7 Å². The van der Waals surface area contributed by atoms with E-state index < -0.39 is 32.5 Å². The van der Waals surface area contributed by atoms with Crippen molar-refractivity contribution < 1.29 is 17.2 Å². The molecule has 84 valence electrons. The molecular weight excluding hydrogens is 232 g/mol. The van der Waals surface area contributed by atoms with Crippen molar-refractivity contribution in [1.29, 1.82) is 0 Å². The summed E-state index contributed by atoms with van der Waals surface area (Å²) in [7, 11) is -4.51. The third-order valence-electron chi connectivity index (χ3n) is 1.54. The highest BCUT2D eigenvalue weighted by molar-refractivity contribution is 7.89. The number of anilines is 1. The number of aromatic amines is 1. The molecule has 0 amide bonds. The Morgan fingerprint density at radius 1 is 1.40 bits per heavy atom. The lowest BCUT2D eigenvalue weighted by molar-refractivity contribution is 0.142. The highest BCUT2D eigenvalue weighted by Gasteiger charge is 2.25. The summed E-state index contributed by atoms with van der Waals surface area (Å²) in [6, 6.07) is 0.672. The van der Waals surface area contributed by atoms with Gasteiger partial charge in [0.25, 0.3) is 6.43 Å². The van der Waals surface area contributed by atoms with Gasteiger partial charge in [0.1, 0.15) is 11.5 Å². The van der Waals surface area contributed by atoms with Gasteiger partial charge in [-0.15, -0.1) is 0 Å². The quantitative estimate of drug-likeness (QED) is 0.647. The first-order valence-corrected chi connectivity index (χ1v) is 5.11. The van der Waals surface area contributed by atoms with Crippen LogP contribution in [0.1, 0.15) is 12.1 Å². The molecule has 1 aromatic heterocycles. The number of nitrogens with one attached hydrogen (secondary N) is 1. The van der Waals surface area contributed by atoms with E-state index in [1.165, 1.54) is 0 Å². The molecule has 5 N–H and O–H groups in total. The van der Waals surface area contributed by atoms with E-state index in [4.69, 9.17) is 5.73 Å². The van der Waals surface area contributed by atoms with Gasteiger partial charge in [-0.25, -0.2) is 22.3 Å². The summed E-state index contributed by atoms with van der Waals surface area (Å²) in [6.45, 7) is 0. The first-order valence-electron chi connectivity index (χ1n) is 3.57. The summed E-state index contributed by atoms with van der Waals surface area (Å²) in [6.07, 6.45) is -3.19. The Kier molecular flexibility index (Phi) is 2.77. The predicted molar refractivity (Wildman–Crippen MR) is 47.8 cm³/mol. The number of nitrogen functional groups attached to an aromatic ring is 1. The topological polar surface area (TPSA) is 119 Å². The van der Waals surface area contributed by atoms with Crippen molar-refractivity contribution in [2.24, 2.45) is 5.14 Å². The van der Waals surface area contributed by atoms with Crippen molar-refractivity contribution in [2.75, 3.05) is 5.73 Å². The second-order valence-corrected chi connectivity index (χ2v) is 4.18. The summed E-state index contributed by atoms with van der Waals surface area (Å²) in [5.74, 6) is -0.359. The van der Waals surface area contributed by atoms with Crippen LogP contribution in [0.2, 0.25) is 0 Å². The highest BCUT2D eigenvalue weighted by atomic mass is 32.2. The van der Waals surface area contributed by atoms with Crippen LogP contribution < -0.4 is 16.3 Å². The molecular formula is C6H7F2N3O3S. The fraction of sp³-hybridized carbons (Fsp3) is 0.167. The standard InChI is InChI=1S/C6H7F2N3O3S/c7-6(8)4-5(15(10,13)14)2(12)1-3(9)11-4/h1,6H,(H3,9,11,12)(H2,10,13,14). The molecule has 1 aromatic rings. The average Bonchev–Trinajstić information content (AvgIpc) is 1.99. The molecule has 0 saturated carbocycles. The van der Waals surface area contributed by atoms with Crippen LogP contribution in [0.15, 0.2) is 15.8 Å². The Bertz CT molecular complexity index is 537. The summed E-state index contributed by atoms with van der Waals surface area (Å²) in [5, 5.41) is 4.62.